The minimum Gasteiger partial charge on any atom is -0.341 e. The van der Waals surface area contributed by atoms with Crippen molar-refractivity contribution in [3.05, 3.63) is 0 Å². The van der Waals surface area contributed by atoms with Crippen LogP contribution in [-0.4, -0.2) is 36.5 Å². The van der Waals surface area contributed by atoms with Crippen molar-refractivity contribution < 1.29 is 4.79 Å². The molecule has 3 atom stereocenters. The predicted octanol–water partition coefficient (Wildman–Crippen LogP) is 1.63. The van der Waals surface area contributed by atoms with Crippen LogP contribution in [-0.2, 0) is 4.79 Å². The van der Waals surface area contributed by atoms with E-state index in [1.165, 1.54) is 12.8 Å². The molecule has 92 valence electrons. The van der Waals surface area contributed by atoms with Gasteiger partial charge >= 0.3 is 0 Å². The van der Waals surface area contributed by atoms with Crippen molar-refractivity contribution in [2.24, 2.45) is 11.8 Å². The van der Waals surface area contributed by atoms with E-state index in [9.17, 15) is 4.79 Å². The molecule has 2 fully saturated rings. The van der Waals surface area contributed by atoms with Gasteiger partial charge in [0.2, 0.25) is 5.91 Å². The topological polar surface area (TPSA) is 32.3 Å². The Morgan fingerprint density at radius 3 is 3.00 bits per heavy atom. The van der Waals surface area contributed by atoms with Gasteiger partial charge in [-0.15, -0.1) is 0 Å². The Kier molecular flexibility index (Phi) is 3.85. The molecule has 0 aromatic heterocycles. The first-order valence-corrected chi connectivity index (χ1v) is 6.72. The Labute approximate surface area is 98.6 Å². The molecule has 2 aliphatic rings. The van der Waals surface area contributed by atoms with Gasteiger partial charge in [0.15, 0.2) is 0 Å². The summed E-state index contributed by atoms with van der Waals surface area (Å²) in [6.07, 6.45) is 4.40. The van der Waals surface area contributed by atoms with Crippen molar-refractivity contribution in [3.8, 4) is 0 Å². The summed E-state index contributed by atoms with van der Waals surface area (Å²) in [5.74, 6) is 1.61. The van der Waals surface area contributed by atoms with E-state index in [0.29, 0.717) is 17.9 Å². The standard InChI is InChI=1S/C13H24N2O/c1-3-10(2)7-13(16)15-8-11-5-4-6-14-12(11)9-15/h10-12,14H,3-9H2,1-2H3. The first-order valence-electron chi connectivity index (χ1n) is 6.72. The minimum atomic E-state index is 0.366. The maximum absolute atomic E-state index is 12.1. The van der Waals surface area contributed by atoms with Crippen LogP contribution < -0.4 is 5.32 Å². The van der Waals surface area contributed by atoms with Crippen LogP contribution in [0.3, 0.4) is 0 Å². The zero-order valence-corrected chi connectivity index (χ0v) is 10.5. The Morgan fingerprint density at radius 1 is 1.50 bits per heavy atom. The second-order valence-corrected chi connectivity index (χ2v) is 5.48. The molecule has 0 radical (unpaired) electrons. The van der Waals surface area contributed by atoms with Gasteiger partial charge < -0.3 is 10.2 Å². The predicted molar refractivity (Wildman–Crippen MR) is 65.2 cm³/mol. The molecule has 0 aromatic carbocycles. The van der Waals surface area contributed by atoms with Crippen LogP contribution in [0.5, 0.6) is 0 Å². The highest BCUT2D eigenvalue weighted by Gasteiger charge is 2.36. The van der Waals surface area contributed by atoms with Gasteiger partial charge in [0.1, 0.15) is 0 Å². The summed E-state index contributed by atoms with van der Waals surface area (Å²) < 4.78 is 0. The third kappa shape index (κ3) is 2.57. The average molecular weight is 224 g/mol. The van der Waals surface area contributed by atoms with E-state index < -0.39 is 0 Å². The lowest BCUT2D eigenvalue weighted by molar-refractivity contribution is -0.131. The highest BCUT2D eigenvalue weighted by molar-refractivity contribution is 5.76. The van der Waals surface area contributed by atoms with Crippen LogP contribution in [0.1, 0.15) is 39.5 Å². The normalized spacial score (nSPS) is 31.2. The molecule has 0 aromatic rings. The van der Waals surface area contributed by atoms with E-state index in [-0.39, 0.29) is 0 Å². The number of carbonyl (C=O) groups excluding carboxylic acids is 1. The van der Waals surface area contributed by atoms with Crippen LogP contribution in [0.4, 0.5) is 0 Å². The number of piperidine rings is 1. The number of carbonyl (C=O) groups is 1. The number of rotatable bonds is 3. The summed E-state index contributed by atoms with van der Waals surface area (Å²) in [6.45, 7) is 7.39. The van der Waals surface area contributed by atoms with Crippen molar-refractivity contribution >= 4 is 5.91 Å². The molecule has 0 bridgehead atoms. The first-order chi connectivity index (χ1) is 7.70. The molecule has 2 saturated heterocycles. The largest absolute Gasteiger partial charge is 0.341 e. The van der Waals surface area contributed by atoms with Crippen molar-refractivity contribution in [2.75, 3.05) is 19.6 Å². The van der Waals surface area contributed by atoms with Gasteiger partial charge in [-0.2, -0.15) is 0 Å². The maximum atomic E-state index is 12.1. The summed E-state index contributed by atoms with van der Waals surface area (Å²) in [5.41, 5.74) is 0. The number of likely N-dealkylation sites (tertiary alicyclic amines) is 1. The van der Waals surface area contributed by atoms with Gasteiger partial charge in [-0.25, -0.2) is 0 Å². The van der Waals surface area contributed by atoms with Crippen molar-refractivity contribution in [1.29, 1.82) is 0 Å². The van der Waals surface area contributed by atoms with Crippen LogP contribution in [0.25, 0.3) is 0 Å². The van der Waals surface area contributed by atoms with E-state index in [0.717, 1.165) is 38.4 Å². The minimum absolute atomic E-state index is 0.366. The molecular weight excluding hydrogens is 200 g/mol. The zero-order chi connectivity index (χ0) is 11.5. The first kappa shape index (κ1) is 11.9. The number of hydrogen-bond acceptors (Lipinski definition) is 2. The fourth-order valence-electron chi connectivity index (χ4n) is 2.82. The Morgan fingerprint density at radius 2 is 2.31 bits per heavy atom. The molecule has 0 saturated carbocycles. The second-order valence-electron chi connectivity index (χ2n) is 5.48. The van der Waals surface area contributed by atoms with Gasteiger partial charge in [0.05, 0.1) is 0 Å². The molecule has 2 rings (SSSR count). The second kappa shape index (κ2) is 5.17. The highest BCUT2D eigenvalue weighted by Crippen LogP contribution is 2.25. The molecule has 3 unspecified atom stereocenters. The molecule has 16 heavy (non-hydrogen) atoms. The third-order valence-corrected chi connectivity index (χ3v) is 4.17. The molecule has 0 spiro atoms. The van der Waals surface area contributed by atoms with Crippen molar-refractivity contribution in [2.45, 2.75) is 45.6 Å². The number of nitrogens with one attached hydrogen (secondary N) is 1. The SMILES string of the molecule is CCC(C)CC(=O)N1CC2CCCNC2C1. The Balaban J connectivity index is 1.85. The average Bonchev–Trinajstić information content (AvgIpc) is 2.72. The van der Waals surface area contributed by atoms with Gasteiger partial charge in [0, 0.05) is 25.6 Å². The number of nitrogens with zero attached hydrogens (tertiary/aromatic N) is 1. The Bertz CT molecular complexity index is 240. The molecule has 0 aliphatic carbocycles. The summed E-state index contributed by atoms with van der Waals surface area (Å²) in [5, 5.41) is 3.54. The van der Waals surface area contributed by atoms with Crippen LogP contribution in [0.2, 0.25) is 0 Å². The van der Waals surface area contributed by atoms with Gasteiger partial charge in [-0.3, -0.25) is 4.79 Å². The lowest BCUT2D eigenvalue weighted by Crippen LogP contribution is -2.41. The lowest BCUT2D eigenvalue weighted by atomic mass is 9.94. The van der Waals surface area contributed by atoms with Gasteiger partial charge in [0.25, 0.3) is 0 Å². The van der Waals surface area contributed by atoms with Crippen LogP contribution in [0.15, 0.2) is 0 Å². The lowest BCUT2D eigenvalue weighted by Gasteiger charge is -2.24. The zero-order valence-electron chi connectivity index (χ0n) is 10.5. The number of hydrogen-bond donors (Lipinski definition) is 1. The van der Waals surface area contributed by atoms with E-state index in [4.69, 9.17) is 0 Å². The summed E-state index contributed by atoms with van der Waals surface area (Å²) in [6, 6.07) is 0.578. The van der Waals surface area contributed by atoms with Crippen LogP contribution in [0, 0.1) is 11.8 Å². The molecule has 3 heteroatoms. The quantitative estimate of drug-likeness (QED) is 0.790. The van der Waals surface area contributed by atoms with E-state index in [2.05, 4.69) is 24.1 Å². The van der Waals surface area contributed by atoms with Crippen LogP contribution >= 0.6 is 0 Å². The molecular formula is C13H24N2O. The smallest absolute Gasteiger partial charge is 0.222 e. The Hall–Kier alpha value is -0.570. The monoisotopic (exact) mass is 224 g/mol. The van der Waals surface area contributed by atoms with E-state index in [1.807, 2.05) is 0 Å². The number of amides is 1. The fraction of sp³-hybridized carbons (Fsp3) is 0.923. The maximum Gasteiger partial charge on any atom is 0.222 e. The summed E-state index contributed by atoms with van der Waals surface area (Å²) in [7, 11) is 0. The number of fused-ring (bicyclic) bond motifs is 1. The van der Waals surface area contributed by atoms with Gasteiger partial charge in [-0.05, 0) is 31.2 Å². The van der Waals surface area contributed by atoms with E-state index >= 15 is 0 Å². The molecule has 1 N–H and O–H groups in total. The van der Waals surface area contributed by atoms with E-state index in [1.54, 1.807) is 0 Å². The highest BCUT2D eigenvalue weighted by atomic mass is 16.2. The molecule has 2 heterocycles. The van der Waals surface area contributed by atoms with Gasteiger partial charge in [-0.1, -0.05) is 20.3 Å². The van der Waals surface area contributed by atoms with Crippen molar-refractivity contribution in [3.63, 3.8) is 0 Å². The van der Waals surface area contributed by atoms with Crippen molar-refractivity contribution in [1.82, 2.24) is 10.2 Å². The fourth-order valence-corrected chi connectivity index (χ4v) is 2.82. The third-order valence-electron chi connectivity index (χ3n) is 4.17. The molecule has 1 amide bonds. The molecule has 2 aliphatic heterocycles. The molecule has 3 nitrogen and oxygen atoms in total. The summed E-state index contributed by atoms with van der Waals surface area (Å²) in [4.78, 5) is 14.1. The summed E-state index contributed by atoms with van der Waals surface area (Å²) >= 11 is 0.